The van der Waals surface area contributed by atoms with Crippen LogP contribution in [0.4, 0.5) is 0 Å². The number of nitrogens with one attached hydrogen (secondary N) is 1. The minimum Gasteiger partial charge on any atom is -0.481 e. The summed E-state index contributed by atoms with van der Waals surface area (Å²) in [6.45, 7) is 2.05. The Morgan fingerprint density at radius 3 is 2.58 bits per heavy atom. The Labute approximate surface area is 114 Å². The summed E-state index contributed by atoms with van der Waals surface area (Å²) >= 11 is 0. The van der Waals surface area contributed by atoms with Gasteiger partial charge in [0.25, 0.3) is 0 Å². The number of carbonyl (C=O) groups excluding carboxylic acids is 1. The molecule has 1 aliphatic rings. The highest BCUT2D eigenvalue weighted by molar-refractivity contribution is 5.78. The fourth-order valence-corrected chi connectivity index (χ4v) is 2.23. The maximum Gasteiger partial charge on any atom is 0.303 e. The summed E-state index contributed by atoms with van der Waals surface area (Å²) < 4.78 is 5.29. The van der Waals surface area contributed by atoms with Gasteiger partial charge in [-0.1, -0.05) is 19.3 Å². The lowest BCUT2D eigenvalue weighted by Gasteiger charge is -2.21. The van der Waals surface area contributed by atoms with Crippen LogP contribution in [0.2, 0.25) is 0 Å². The van der Waals surface area contributed by atoms with Crippen LogP contribution in [0.3, 0.4) is 0 Å². The monoisotopic (exact) mass is 271 g/mol. The summed E-state index contributed by atoms with van der Waals surface area (Å²) in [4.78, 5) is 22.1. The second-order valence-corrected chi connectivity index (χ2v) is 5.12. The Kier molecular flexibility index (Phi) is 8.21. The van der Waals surface area contributed by atoms with Crippen LogP contribution in [0.25, 0.3) is 0 Å². The van der Waals surface area contributed by atoms with Gasteiger partial charge in [0.15, 0.2) is 0 Å². The Balaban J connectivity index is 1.89. The number of carboxylic acids is 1. The van der Waals surface area contributed by atoms with E-state index in [1.54, 1.807) is 0 Å². The highest BCUT2D eigenvalue weighted by Gasteiger charge is 2.20. The average Bonchev–Trinajstić information content (AvgIpc) is 2.42. The molecule has 2 N–H and O–H groups in total. The fraction of sp³-hybridized carbons (Fsp3) is 0.857. The van der Waals surface area contributed by atoms with E-state index in [0.717, 1.165) is 51.6 Å². The molecule has 0 saturated carbocycles. The Hall–Kier alpha value is -1.10. The van der Waals surface area contributed by atoms with Crippen LogP contribution in [-0.2, 0) is 14.3 Å². The van der Waals surface area contributed by atoms with E-state index < -0.39 is 5.97 Å². The van der Waals surface area contributed by atoms with Crippen LogP contribution < -0.4 is 5.32 Å². The molecule has 1 saturated heterocycles. The Bertz CT molecular complexity index is 275. The highest BCUT2D eigenvalue weighted by Crippen LogP contribution is 2.13. The third-order valence-corrected chi connectivity index (χ3v) is 3.40. The van der Waals surface area contributed by atoms with Crippen LogP contribution >= 0.6 is 0 Å². The summed E-state index contributed by atoms with van der Waals surface area (Å²) in [6, 6.07) is 0. The standard InChI is InChI=1S/C14H25NO4/c16-13(17)8-4-2-1-3-5-9-15-14(18)12-7-6-10-19-11-12/h12H,1-11H2,(H,15,18)(H,16,17). The van der Waals surface area contributed by atoms with Gasteiger partial charge in [-0.05, 0) is 25.7 Å². The number of amides is 1. The van der Waals surface area contributed by atoms with E-state index in [1.165, 1.54) is 0 Å². The van der Waals surface area contributed by atoms with Gasteiger partial charge in [0.2, 0.25) is 5.91 Å². The number of unbranched alkanes of at least 4 members (excludes halogenated alkanes) is 4. The van der Waals surface area contributed by atoms with Gasteiger partial charge in [-0.3, -0.25) is 9.59 Å². The fourth-order valence-electron chi connectivity index (χ4n) is 2.23. The van der Waals surface area contributed by atoms with Crippen LogP contribution in [0, 0.1) is 5.92 Å². The summed E-state index contributed by atoms with van der Waals surface area (Å²) in [7, 11) is 0. The Morgan fingerprint density at radius 1 is 1.16 bits per heavy atom. The molecule has 1 atom stereocenters. The van der Waals surface area contributed by atoms with Crippen LogP contribution in [0.1, 0.15) is 51.4 Å². The van der Waals surface area contributed by atoms with Crippen molar-refractivity contribution in [3.63, 3.8) is 0 Å². The molecule has 0 radical (unpaired) electrons. The quantitative estimate of drug-likeness (QED) is 0.628. The largest absolute Gasteiger partial charge is 0.481 e. The molecule has 5 nitrogen and oxygen atoms in total. The SMILES string of the molecule is O=C(O)CCCCCCCNC(=O)C1CCCOC1. The molecule has 110 valence electrons. The second kappa shape index (κ2) is 9.78. The van der Waals surface area contributed by atoms with Crippen LogP contribution in [-0.4, -0.2) is 36.7 Å². The zero-order valence-corrected chi connectivity index (χ0v) is 11.5. The minimum atomic E-state index is -0.720. The molecule has 1 aliphatic heterocycles. The molecule has 1 rings (SSSR count). The average molecular weight is 271 g/mol. The highest BCUT2D eigenvalue weighted by atomic mass is 16.5. The van der Waals surface area contributed by atoms with Gasteiger partial charge in [-0.2, -0.15) is 0 Å². The van der Waals surface area contributed by atoms with Crippen molar-refractivity contribution in [3.8, 4) is 0 Å². The molecular weight excluding hydrogens is 246 g/mol. The van der Waals surface area contributed by atoms with Crippen molar-refractivity contribution in [2.45, 2.75) is 51.4 Å². The molecule has 0 aliphatic carbocycles. The van der Waals surface area contributed by atoms with E-state index in [4.69, 9.17) is 9.84 Å². The van der Waals surface area contributed by atoms with Gasteiger partial charge in [0, 0.05) is 19.6 Å². The van der Waals surface area contributed by atoms with Crippen molar-refractivity contribution in [3.05, 3.63) is 0 Å². The number of carboxylic acid groups (broad SMARTS) is 1. The third kappa shape index (κ3) is 7.82. The lowest BCUT2D eigenvalue weighted by atomic mass is 10.0. The molecule has 0 aromatic rings. The van der Waals surface area contributed by atoms with Crippen molar-refractivity contribution >= 4 is 11.9 Å². The lowest BCUT2D eigenvalue weighted by Crippen LogP contribution is -2.36. The second-order valence-electron chi connectivity index (χ2n) is 5.12. The van der Waals surface area contributed by atoms with E-state index in [9.17, 15) is 9.59 Å². The van der Waals surface area contributed by atoms with Gasteiger partial charge in [-0.15, -0.1) is 0 Å². The van der Waals surface area contributed by atoms with Gasteiger partial charge in [0.1, 0.15) is 0 Å². The molecule has 1 unspecified atom stereocenters. The van der Waals surface area contributed by atoms with Gasteiger partial charge >= 0.3 is 5.97 Å². The molecule has 5 heteroatoms. The molecule has 1 fully saturated rings. The van der Waals surface area contributed by atoms with Crippen LogP contribution in [0.15, 0.2) is 0 Å². The smallest absolute Gasteiger partial charge is 0.303 e. The molecule has 1 heterocycles. The number of rotatable bonds is 9. The Morgan fingerprint density at radius 2 is 1.89 bits per heavy atom. The molecule has 1 amide bonds. The molecule has 19 heavy (non-hydrogen) atoms. The van der Waals surface area contributed by atoms with Gasteiger partial charge in [-0.25, -0.2) is 0 Å². The molecule has 0 aromatic carbocycles. The van der Waals surface area contributed by atoms with Crippen molar-refractivity contribution in [2.75, 3.05) is 19.8 Å². The van der Waals surface area contributed by atoms with E-state index in [-0.39, 0.29) is 18.2 Å². The first-order valence-corrected chi connectivity index (χ1v) is 7.27. The van der Waals surface area contributed by atoms with E-state index in [1.807, 2.05) is 0 Å². The van der Waals surface area contributed by atoms with E-state index >= 15 is 0 Å². The molecular formula is C14H25NO4. The van der Waals surface area contributed by atoms with Crippen molar-refractivity contribution in [1.82, 2.24) is 5.32 Å². The summed E-state index contributed by atoms with van der Waals surface area (Å²) in [5, 5.41) is 11.4. The molecule has 0 spiro atoms. The first-order valence-electron chi connectivity index (χ1n) is 7.27. The normalized spacial score (nSPS) is 19.1. The maximum atomic E-state index is 11.8. The van der Waals surface area contributed by atoms with Gasteiger partial charge in [0.05, 0.1) is 12.5 Å². The van der Waals surface area contributed by atoms with Gasteiger partial charge < -0.3 is 15.2 Å². The number of ether oxygens (including phenoxy) is 1. The molecule has 0 aromatic heterocycles. The molecule has 0 bridgehead atoms. The summed E-state index contributed by atoms with van der Waals surface area (Å²) in [5.41, 5.74) is 0. The lowest BCUT2D eigenvalue weighted by molar-refractivity contribution is -0.137. The number of carbonyl (C=O) groups is 2. The number of hydrogen-bond donors (Lipinski definition) is 2. The van der Waals surface area contributed by atoms with Crippen LogP contribution in [0.5, 0.6) is 0 Å². The first kappa shape index (κ1) is 16.0. The predicted molar refractivity (Wildman–Crippen MR) is 71.9 cm³/mol. The number of aliphatic carboxylic acids is 1. The number of hydrogen-bond acceptors (Lipinski definition) is 3. The van der Waals surface area contributed by atoms with Crippen molar-refractivity contribution in [1.29, 1.82) is 0 Å². The van der Waals surface area contributed by atoms with Crippen molar-refractivity contribution < 1.29 is 19.4 Å². The topological polar surface area (TPSA) is 75.6 Å². The van der Waals surface area contributed by atoms with E-state index in [0.29, 0.717) is 13.2 Å². The third-order valence-electron chi connectivity index (χ3n) is 3.40. The summed E-state index contributed by atoms with van der Waals surface area (Å²) in [6.07, 6.45) is 6.92. The minimum absolute atomic E-state index is 0.0318. The van der Waals surface area contributed by atoms with Crippen molar-refractivity contribution in [2.24, 2.45) is 5.92 Å². The maximum absolute atomic E-state index is 11.8. The summed E-state index contributed by atoms with van der Waals surface area (Å²) in [5.74, 6) is -0.572. The van der Waals surface area contributed by atoms with E-state index in [2.05, 4.69) is 5.32 Å². The first-order chi connectivity index (χ1) is 9.20. The predicted octanol–water partition coefficient (Wildman–Crippen LogP) is 1.95. The zero-order valence-electron chi connectivity index (χ0n) is 11.5. The zero-order chi connectivity index (χ0) is 13.9.